The van der Waals surface area contributed by atoms with Gasteiger partial charge in [0.15, 0.2) is 0 Å². The van der Waals surface area contributed by atoms with Crippen LogP contribution in [-0.2, 0) is 4.79 Å². The number of Topliss-reactive ketones (excluding diaryl/α,β-unsaturated/α-hetero) is 1. The molecule has 0 saturated heterocycles. The Balaban J connectivity index is 2.53. The standard InChI is InChI=1S/C12H23NO/c1-4-8-13(10(2)3)11-6-5-7-12(14)9-11/h10-11H,4-9H2,1-3H3. The zero-order valence-corrected chi connectivity index (χ0v) is 9.75. The first kappa shape index (κ1) is 11.7. The molecule has 14 heavy (non-hydrogen) atoms. The molecule has 0 amide bonds. The molecule has 0 N–H and O–H groups in total. The Bertz CT molecular complexity index is 189. The Morgan fingerprint density at radius 3 is 2.71 bits per heavy atom. The molecule has 0 spiro atoms. The number of rotatable bonds is 4. The van der Waals surface area contributed by atoms with Gasteiger partial charge in [-0.2, -0.15) is 0 Å². The quantitative estimate of drug-likeness (QED) is 0.690. The van der Waals surface area contributed by atoms with Crippen LogP contribution >= 0.6 is 0 Å². The van der Waals surface area contributed by atoms with Gasteiger partial charge < -0.3 is 0 Å². The van der Waals surface area contributed by atoms with Crippen molar-refractivity contribution in [3.8, 4) is 0 Å². The molecular weight excluding hydrogens is 174 g/mol. The molecule has 1 atom stereocenters. The summed E-state index contributed by atoms with van der Waals surface area (Å²) in [7, 11) is 0. The third kappa shape index (κ3) is 3.09. The fraction of sp³-hybridized carbons (Fsp3) is 0.917. The van der Waals surface area contributed by atoms with Crippen molar-refractivity contribution in [2.24, 2.45) is 0 Å². The Labute approximate surface area is 87.7 Å². The van der Waals surface area contributed by atoms with Crippen molar-refractivity contribution in [2.75, 3.05) is 6.54 Å². The Hall–Kier alpha value is -0.370. The zero-order chi connectivity index (χ0) is 10.6. The molecule has 0 aromatic heterocycles. The van der Waals surface area contributed by atoms with E-state index in [4.69, 9.17) is 0 Å². The summed E-state index contributed by atoms with van der Waals surface area (Å²) in [6.45, 7) is 7.80. The molecule has 1 fully saturated rings. The van der Waals surface area contributed by atoms with E-state index in [1.807, 2.05) is 0 Å². The second-order valence-corrected chi connectivity index (χ2v) is 4.62. The van der Waals surface area contributed by atoms with E-state index >= 15 is 0 Å². The van der Waals surface area contributed by atoms with Gasteiger partial charge in [0.05, 0.1) is 0 Å². The van der Waals surface area contributed by atoms with Gasteiger partial charge in [0.25, 0.3) is 0 Å². The number of hydrogen-bond acceptors (Lipinski definition) is 2. The van der Waals surface area contributed by atoms with E-state index in [2.05, 4.69) is 25.7 Å². The largest absolute Gasteiger partial charge is 0.300 e. The van der Waals surface area contributed by atoms with E-state index in [1.165, 1.54) is 12.8 Å². The molecule has 0 aromatic rings. The summed E-state index contributed by atoms with van der Waals surface area (Å²) in [6.07, 6.45) is 5.09. The summed E-state index contributed by atoms with van der Waals surface area (Å²) in [4.78, 5) is 13.9. The molecule has 0 heterocycles. The van der Waals surface area contributed by atoms with Gasteiger partial charge in [0, 0.05) is 24.9 Å². The molecule has 1 unspecified atom stereocenters. The molecule has 1 aliphatic carbocycles. The lowest BCUT2D eigenvalue weighted by atomic mass is 9.92. The number of hydrogen-bond donors (Lipinski definition) is 0. The van der Waals surface area contributed by atoms with Crippen molar-refractivity contribution in [1.82, 2.24) is 4.90 Å². The molecule has 2 heteroatoms. The smallest absolute Gasteiger partial charge is 0.134 e. The summed E-state index contributed by atoms with van der Waals surface area (Å²) < 4.78 is 0. The highest BCUT2D eigenvalue weighted by molar-refractivity contribution is 5.79. The Morgan fingerprint density at radius 1 is 1.50 bits per heavy atom. The minimum Gasteiger partial charge on any atom is -0.300 e. The Morgan fingerprint density at radius 2 is 2.21 bits per heavy atom. The maximum atomic E-state index is 11.4. The SMILES string of the molecule is CCCN(C(C)C)C1CCCC(=O)C1. The summed E-state index contributed by atoms with van der Waals surface area (Å²) >= 11 is 0. The predicted octanol–water partition coefficient (Wildman–Crippen LogP) is 2.62. The number of nitrogens with zero attached hydrogens (tertiary/aromatic N) is 1. The van der Waals surface area contributed by atoms with Gasteiger partial charge >= 0.3 is 0 Å². The fourth-order valence-electron chi connectivity index (χ4n) is 2.41. The minimum atomic E-state index is 0.461. The lowest BCUT2D eigenvalue weighted by Gasteiger charge is -2.36. The van der Waals surface area contributed by atoms with E-state index in [0.717, 1.165) is 25.8 Å². The van der Waals surface area contributed by atoms with Gasteiger partial charge in [-0.15, -0.1) is 0 Å². The van der Waals surface area contributed by atoms with Gasteiger partial charge in [0.2, 0.25) is 0 Å². The second kappa shape index (κ2) is 5.50. The highest BCUT2D eigenvalue weighted by Gasteiger charge is 2.25. The molecule has 0 bridgehead atoms. The average molecular weight is 197 g/mol. The van der Waals surface area contributed by atoms with Crippen molar-refractivity contribution < 1.29 is 4.79 Å². The minimum absolute atomic E-state index is 0.461. The van der Waals surface area contributed by atoms with Crippen molar-refractivity contribution in [3.05, 3.63) is 0 Å². The van der Waals surface area contributed by atoms with Crippen LogP contribution in [0, 0.1) is 0 Å². The molecule has 1 rings (SSSR count). The van der Waals surface area contributed by atoms with Crippen LogP contribution in [0.5, 0.6) is 0 Å². The first-order chi connectivity index (χ1) is 6.65. The number of carbonyl (C=O) groups is 1. The van der Waals surface area contributed by atoms with E-state index in [1.54, 1.807) is 0 Å². The van der Waals surface area contributed by atoms with Gasteiger partial charge in [-0.3, -0.25) is 9.69 Å². The summed E-state index contributed by atoms with van der Waals surface area (Å²) in [6, 6.07) is 1.10. The fourth-order valence-corrected chi connectivity index (χ4v) is 2.41. The molecule has 0 aromatic carbocycles. The van der Waals surface area contributed by atoms with Gasteiger partial charge in [-0.25, -0.2) is 0 Å². The van der Waals surface area contributed by atoms with Crippen LogP contribution in [0.3, 0.4) is 0 Å². The van der Waals surface area contributed by atoms with E-state index in [-0.39, 0.29) is 0 Å². The summed E-state index contributed by atoms with van der Waals surface area (Å²) in [5.74, 6) is 0.461. The van der Waals surface area contributed by atoms with Crippen LogP contribution in [0.2, 0.25) is 0 Å². The van der Waals surface area contributed by atoms with Crippen molar-refractivity contribution >= 4 is 5.78 Å². The first-order valence-corrected chi connectivity index (χ1v) is 5.92. The summed E-state index contributed by atoms with van der Waals surface area (Å²) in [5, 5.41) is 0. The third-order valence-electron chi connectivity index (χ3n) is 3.07. The van der Waals surface area contributed by atoms with Crippen molar-refractivity contribution in [2.45, 2.75) is 65.0 Å². The second-order valence-electron chi connectivity index (χ2n) is 4.62. The zero-order valence-electron chi connectivity index (χ0n) is 9.75. The normalized spacial score (nSPS) is 23.5. The average Bonchev–Trinajstić information content (AvgIpc) is 2.13. The van der Waals surface area contributed by atoms with Gasteiger partial charge in [-0.05, 0) is 39.7 Å². The van der Waals surface area contributed by atoms with Crippen LogP contribution in [0.1, 0.15) is 52.9 Å². The van der Waals surface area contributed by atoms with Crippen LogP contribution in [-0.4, -0.2) is 29.3 Å². The van der Waals surface area contributed by atoms with Gasteiger partial charge in [0.1, 0.15) is 5.78 Å². The number of ketones is 1. The van der Waals surface area contributed by atoms with E-state index in [9.17, 15) is 4.79 Å². The molecular formula is C12H23NO. The molecule has 0 radical (unpaired) electrons. The van der Waals surface area contributed by atoms with Crippen molar-refractivity contribution in [3.63, 3.8) is 0 Å². The lowest BCUT2D eigenvalue weighted by molar-refractivity contribution is -0.122. The molecule has 1 aliphatic rings. The van der Waals surface area contributed by atoms with Crippen molar-refractivity contribution in [1.29, 1.82) is 0 Å². The third-order valence-corrected chi connectivity index (χ3v) is 3.07. The molecule has 1 saturated carbocycles. The highest BCUT2D eigenvalue weighted by atomic mass is 16.1. The molecule has 82 valence electrons. The topological polar surface area (TPSA) is 20.3 Å². The number of carbonyl (C=O) groups excluding carboxylic acids is 1. The maximum absolute atomic E-state index is 11.4. The lowest BCUT2D eigenvalue weighted by Crippen LogP contribution is -2.43. The van der Waals surface area contributed by atoms with Crippen LogP contribution in [0.25, 0.3) is 0 Å². The molecule has 0 aliphatic heterocycles. The van der Waals surface area contributed by atoms with E-state index < -0.39 is 0 Å². The molecule has 2 nitrogen and oxygen atoms in total. The van der Waals surface area contributed by atoms with Crippen LogP contribution < -0.4 is 0 Å². The summed E-state index contributed by atoms with van der Waals surface area (Å²) in [5.41, 5.74) is 0. The maximum Gasteiger partial charge on any atom is 0.134 e. The van der Waals surface area contributed by atoms with Crippen LogP contribution in [0.4, 0.5) is 0 Å². The van der Waals surface area contributed by atoms with Crippen LogP contribution in [0.15, 0.2) is 0 Å². The van der Waals surface area contributed by atoms with Gasteiger partial charge in [-0.1, -0.05) is 6.92 Å². The predicted molar refractivity (Wildman–Crippen MR) is 59.4 cm³/mol. The first-order valence-electron chi connectivity index (χ1n) is 5.92. The monoisotopic (exact) mass is 197 g/mol. The Kier molecular flexibility index (Phi) is 4.59. The van der Waals surface area contributed by atoms with E-state index in [0.29, 0.717) is 17.9 Å². The highest BCUT2D eigenvalue weighted by Crippen LogP contribution is 2.22.